The number of carbonyl (C=O) groups is 1. The van der Waals surface area contributed by atoms with Crippen LogP contribution in [0.25, 0.3) is 5.65 Å². The van der Waals surface area contributed by atoms with Crippen LogP contribution in [-0.2, 0) is 16.1 Å². The van der Waals surface area contributed by atoms with E-state index >= 15 is 0 Å². The number of hydrogen-bond acceptors (Lipinski definition) is 3. The Hall–Kier alpha value is -1.84. The number of carbonyl (C=O) groups excluding carboxylic acids is 1. The second-order valence-electron chi connectivity index (χ2n) is 4.34. The lowest BCUT2D eigenvalue weighted by Crippen LogP contribution is -2.12. The summed E-state index contributed by atoms with van der Waals surface area (Å²) in [7, 11) is 0. The molecule has 0 aliphatic rings. The number of rotatable bonds is 3. The van der Waals surface area contributed by atoms with Crippen LogP contribution in [0.15, 0.2) is 24.4 Å². The van der Waals surface area contributed by atoms with Crippen molar-refractivity contribution >= 4 is 11.6 Å². The van der Waals surface area contributed by atoms with Gasteiger partial charge >= 0.3 is 5.97 Å². The summed E-state index contributed by atoms with van der Waals surface area (Å²) >= 11 is 0. The van der Waals surface area contributed by atoms with E-state index in [-0.39, 0.29) is 18.5 Å². The van der Waals surface area contributed by atoms with Crippen molar-refractivity contribution in [2.24, 2.45) is 5.92 Å². The molecule has 0 N–H and O–H groups in total. The molecule has 2 aromatic heterocycles. The van der Waals surface area contributed by atoms with Gasteiger partial charge in [-0.1, -0.05) is 19.9 Å². The van der Waals surface area contributed by atoms with Gasteiger partial charge in [0, 0.05) is 6.20 Å². The van der Waals surface area contributed by atoms with E-state index in [1.807, 2.05) is 49.6 Å². The molecule has 2 aromatic rings. The minimum atomic E-state index is -0.185. The molecule has 0 spiro atoms. The Bertz CT molecular complexity index is 543. The topological polar surface area (TPSA) is 43.6 Å². The van der Waals surface area contributed by atoms with Crippen molar-refractivity contribution in [2.45, 2.75) is 27.4 Å². The molecule has 90 valence electrons. The molecule has 17 heavy (non-hydrogen) atoms. The zero-order chi connectivity index (χ0) is 12.4. The summed E-state index contributed by atoms with van der Waals surface area (Å²) in [4.78, 5) is 15.8. The predicted octanol–water partition coefficient (Wildman–Crippen LogP) is 2.34. The van der Waals surface area contributed by atoms with Gasteiger partial charge in [-0.15, -0.1) is 0 Å². The molecule has 2 rings (SSSR count). The molecule has 0 fully saturated rings. The zero-order valence-corrected chi connectivity index (χ0v) is 10.3. The van der Waals surface area contributed by atoms with Crippen LogP contribution in [0.4, 0.5) is 0 Å². The highest BCUT2D eigenvalue weighted by atomic mass is 16.5. The SMILES string of the molecule is Cc1nc2ccccn2c1COC(=O)C(C)C. The minimum Gasteiger partial charge on any atom is -0.459 e. The van der Waals surface area contributed by atoms with Crippen LogP contribution in [0.1, 0.15) is 25.2 Å². The fourth-order valence-electron chi connectivity index (χ4n) is 1.64. The predicted molar refractivity (Wildman–Crippen MR) is 64.6 cm³/mol. The van der Waals surface area contributed by atoms with Gasteiger partial charge in [-0.05, 0) is 19.1 Å². The number of esters is 1. The van der Waals surface area contributed by atoms with Gasteiger partial charge in [0.1, 0.15) is 12.3 Å². The Morgan fingerprint density at radius 1 is 1.47 bits per heavy atom. The molecule has 0 saturated heterocycles. The molecule has 2 heterocycles. The van der Waals surface area contributed by atoms with Crippen LogP contribution in [0.2, 0.25) is 0 Å². The first-order chi connectivity index (χ1) is 8.09. The van der Waals surface area contributed by atoms with Gasteiger partial charge in [0.25, 0.3) is 0 Å². The molecule has 0 aliphatic carbocycles. The van der Waals surface area contributed by atoms with Crippen LogP contribution in [0.3, 0.4) is 0 Å². The van der Waals surface area contributed by atoms with Gasteiger partial charge < -0.3 is 9.14 Å². The molecule has 0 bridgehead atoms. The van der Waals surface area contributed by atoms with Gasteiger partial charge in [0.05, 0.1) is 17.3 Å². The molecule has 0 unspecified atom stereocenters. The van der Waals surface area contributed by atoms with Gasteiger partial charge in [-0.2, -0.15) is 0 Å². The van der Waals surface area contributed by atoms with E-state index in [0.29, 0.717) is 0 Å². The maximum Gasteiger partial charge on any atom is 0.308 e. The lowest BCUT2D eigenvalue weighted by atomic mass is 10.2. The molecule has 0 aliphatic heterocycles. The average Bonchev–Trinajstić information content (AvgIpc) is 2.61. The summed E-state index contributed by atoms with van der Waals surface area (Å²) in [6.45, 7) is 5.84. The molecule has 4 nitrogen and oxygen atoms in total. The maximum atomic E-state index is 11.4. The molecular weight excluding hydrogens is 216 g/mol. The molecule has 0 amide bonds. The number of ether oxygens (including phenoxy) is 1. The van der Waals surface area contributed by atoms with Crippen LogP contribution in [0.5, 0.6) is 0 Å². The van der Waals surface area contributed by atoms with Gasteiger partial charge in [0.15, 0.2) is 0 Å². The number of imidazole rings is 1. The Morgan fingerprint density at radius 3 is 2.94 bits per heavy atom. The maximum absolute atomic E-state index is 11.4. The Morgan fingerprint density at radius 2 is 2.24 bits per heavy atom. The molecule has 4 heteroatoms. The Labute approximate surface area is 100 Å². The fourth-order valence-corrected chi connectivity index (χ4v) is 1.64. The monoisotopic (exact) mass is 232 g/mol. The van der Waals surface area contributed by atoms with Crippen molar-refractivity contribution in [3.63, 3.8) is 0 Å². The van der Waals surface area contributed by atoms with Gasteiger partial charge in [-0.25, -0.2) is 4.98 Å². The summed E-state index contributed by atoms with van der Waals surface area (Å²) in [5.41, 5.74) is 2.70. The molecular formula is C13H16N2O2. The second-order valence-corrected chi connectivity index (χ2v) is 4.34. The summed E-state index contributed by atoms with van der Waals surface area (Å²) in [6.07, 6.45) is 1.92. The summed E-state index contributed by atoms with van der Waals surface area (Å²) in [5.74, 6) is -0.287. The van der Waals surface area contributed by atoms with Gasteiger partial charge in [-0.3, -0.25) is 4.79 Å². The van der Waals surface area contributed by atoms with Crippen molar-refractivity contribution in [3.8, 4) is 0 Å². The quantitative estimate of drug-likeness (QED) is 0.763. The third kappa shape index (κ3) is 2.30. The lowest BCUT2D eigenvalue weighted by molar-refractivity contribution is -0.148. The van der Waals surface area contributed by atoms with E-state index in [2.05, 4.69) is 4.98 Å². The number of aryl methyl sites for hydroxylation is 1. The fraction of sp³-hybridized carbons (Fsp3) is 0.385. The summed E-state index contributed by atoms with van der Waals surface area (Å²) in [5, 5.41) is 0. The van der Waals surface area contributed by atoms with E-state index < -0.39 is 0 Å². The third-order valence-corrected chi connectivity index (χ3v) is 2.65. The number of pyridine rings is 1. The van der Waals surface area contributed by atoms with Crippen molar-refractivity contribution < 1.29 is 9.53 Å². The highest BCUT2D eigenvalue weighted by Gasteiger charge is 2.12. The number of fused-ring (bicyclic) bond motifs is 1. The van der Waals surface area contributed by atoms with Crippen LogP contribution < -0.4 is 0 Å². The largest absolute Gasteiger partial charge is 0.459 e. The average molecular weight is 232 g/mol. The van der Waals surface area contributed by atoms with E-state index in [1.165, 1.54) is 0 Å². The molecule has 0 aromatic carbocycles. The zero-order valence-electron chi connectivity index (χ0n) is 10.3. The van der Waals surface area contributed by atoms with Crippen LogP contribution in [0, 0.1) is 12.8 Å². The van der Waals surface area contributed by atoms with Gasteiger partial charge in [0.2, 0.25) is 0 Å². The van der Waals surface area contributed by atoms with Crippen molar-refractivity contribution in [3.05, 3.63) is 35.8 Å². The molecule has 0 atom stereocenters. The molecule has 0 saturated carbocycles. The first-order valence-electron chi connectivity index (χ1n) is 5.69. The van der Waals surface area contributed by atoms with Crippen molar-refractivity contribution in [2.75, 3.05) is 0 Å². The highest BCUT2D eigenvalue weighted by molar-refractivity contribution is 5.71. The van der Waals surface area contributed by atoms with E-state index in [4.69, 9.17) is 4.74 Å². The Kier molecular flexibility index (Phi) is 3.13. The summed E-state index contributed by atoms with van der Waals surface area (Å²) < 4.78 is 7.18. The number of hydrogen-bond donors (Lipinski definition) is 0. The third-order valence-electron chi connectivity index (χ3n) is 2.65. The van der Waals surface area contributed by atoms with Crippen LogP contribution in [-0.4, -0.2) is 15.4 Å². The normalized spacial score (nSPS) is 11.1. The Balaban J connectivity index is 2.24. The van der Waals surface area contributed by atoms with Crippen LogP contribution >= 0.6 is 0 Å². The standard InChI is InChI=1S/C13H16N2O2/c1-9(2)13(16)17-8-11-10(3)14-12-6-4-5-7-15(11)12/h4-7,9H,8H2,1-3H3. The number of aromatic nitrogens is 2. The minimum absolute atomic E-state index is 0.102. The van der Waals surface area contributed by atoms with Crippen molar-refractivity contribution in [1.29, 1.82) is 0 Å². The summed E-state index contributed by atoms with van der Waals surface area (Å²) in [6, 6.07) is 5.80. The van der Waals surface area contributed by atoms with E-state index in [9.17, 15) is 4.79 Å². The number of nitrogens with zero attached hydrogens (tertiary/aromatic N) is 2. The van der Waals surface area contributed by atoms with E-state index in [1.54, 1.807) is 0 Å². The lowest BCUT2D eigenvalue weighted by Gasteiger charge is -2.07. The second kappa shape index (κ2) is 4.57. The van der Waals surface area contributed by atoms with Crippen molar-refractivity contribution in [1.82, 2.24) is 9.38 Å². The molecule has 0 radical (unpaired) electrons. The first kappa shape index (κ1) is 11.6. The highest BCUT2D eigenvalue weighted by Crippen LogP contribution is 2.13. The first-order valence-corrected chi connectivity index (χ1v) is 5.69. The van der Waals surface area contributed by atoms with E-state index in [0.717, 1.165) is 17.0 Å². The smallest absolute Gasteiger partial charge is 0.308 e.